The fourth-order valence-corrected chi connectivity index (χ4v) is 2.12. The first-order chi connectivity index (χ1) is 9.79. The lowest BCUT2D eigenvalue weighted by Gasteiger charge is -2.16. The lowest BCUT2D eigenvalue weighted by atomic mass is 10.2. The zero-order chi connectivity index (χ0) is 14.2. The van der Waals surface area contributed by atoms with Gasteiger partial charge in [0.25, 0.3) is 0 Å². The summed E-state index contributed by atoms with van der Waals surface area (Å²) >= 11 is 0. The SMILES string of the molecule is COCCNCCN(C)Cc1ccc2ccccc2n1. The Labute approximate surface area is 120 Å². The van der Waals surface area contributed by atoms with Crippen LogP contribution in [0.3, 0.4) is 0 Å². The molecule has 0 spiro atoms. The number of para-hydroxylation sites is 1. The number of benzene rings is 1. The Bertz CT molecular complexity index is 530. The molecule has 4 nitrogen and oxygen atoms in total. The number of nitrogens with zero attached hydrogens (tertiary/aromatic N) is 2. The second kappa shape index (κ2) is 7.94. The van der Waals surface area contributed by atoms with Crippen molar-refractivity contribution in [1.29, 1.82) is 0 Å². The number of likely N-dealkylation sites (N-methyl/N-ethyl adjacent to an activating group) is 1. The lowest BCUT2D eigenvalue weighted by Crippen LogP contribution is -2.30. The molecule has 0 fully saturated rings. The van der Waals surface area contributed by atoms with E-state index in [0.29, 0.717) is 0 Å². The molecule has 0 aliphatic heterocycles. The molecule has 1 aromatic heterocycles. The highest BCUT2D eigenvalue weighted by molar-refractivity contribution is 5.78. The van der Waals surface area contributed by atoms with E-state index in [0.717, 1.165) is 44.0 Å². The van der Waals surface area contributed by atoms with Crippen LogP contribution in [0, 0.1) is 0 Å². The fourth-order valence-electron chi connectivity index (χ4n) is 2.12. The van der Waals surface area contributed by atoms with Gasteiger partial charge in [-0.25, -0.2) is 0 Å². The predicted octanol–water partition coefficient (Wildman–Crippen LogP) is 1.90. The van der Waals surface area contributed by atoms with Gasteiger partial charge in [0, 0.05) is 38.7 Å². The summed E-state index contributed by atoms with van der Waals surface area (Å²) in [5.41, 5.74) is 2.18. The van der Waals surface area contributed by atoms with Gasteiger partial charge in [-0.1, -0.05) is 24.3 Å². The third-order valence-corrected chi connectivity index (χ3v) is 3.24. The molecule has 20 heavy (non-hydrogen) atoms. The van der Waals surface area contributed by atoms with Gasteiger partial charge in [0.05, 0.1) is 17.8 Å². The summed E-state index contributed by atoms with van der Waals surface area (Å²) < 4.78 is 5.00. The summed E-state index contributed by atoms with van der Waals surface area (Å²) in [5.74, 6) is 0. The van der Waals surface area contributed by atoms with Crippen molar-refractivity contribution in [1.82, 2.24) is 15.2 Å². The zero-order valence-corrected chi connectivity index (χ0v) is 12.3. The maximum atomic E-state index is 5.00. The number of hydrogen-bond donors (Lipinski definition) is 1. The standard InChI is InChI=1S/C16H23N3O/c1-19(11-9-17-10-12-20-2)13-15-8-7-14-5-3-4-6-16(14)18-15/h3-8,17H,9-13H2,1-2H3. The highest BCUT2D eigenvalue weighted by atomic mass is 16.5. The largest absolute Gasteiger partial charge is 0.383 e. The van der Waals surface area contributed by atoms with Gasteiger partial charge in [-0.05, 0) is 19.2 Å². The van der Waals surface area contributed by atoms with Gasteiger partial charge in [0.2, 0.25) is 0 Å². The molecule has 0 amide bonds. The van der Waals surface area contributed by atoms with Gasteiger partial charge in [-0.3, -0.25) is 9.88 Å². The molecule has 0 saturated carbocycles. The molecule has 0 unspecified atom stereocenters. The molecule has 108 valence electrons. The second-order valence-electron chi connectivity index (χ2n) is 4.98. The number of methoxy groups -OCH3 is 1. The van der Waals surface area contributed by atoms with E-state index in [-0.39, 0.29) is 0 Å². The number of rotatable bonds is 8. The van der Waals surface area contributed by atoms with Crippen LogP contribution in [-0.2, 0) is 11.3 Å². The van der Waals surface area contributed by atoms with Crippen LogP contribution in [-0.4, -0.2) is 50.3 Å². The van der Waals surface area contributed by atoms with Crippen molar-refractivity contribution in [3.05, 3.63) is 42.1 Å². The van der Waals surface area contributed by atoms with Gasteiger partial charge in [0.1, 0.15) is 0 Å². The van der Waals surface area contributed by atoms with E-state index in [2.05, 4.69) is 41.5 Å². The molecule has 4 heteroatoms. The van der Waals surface area contributed by atoms with Gasteiger partial charge >= 0.3 is 0 Å². The van der Waals surface area contributed by atoms with E-state index in [1.165, 1.54) is 5.39 Å². The van der Waals surface area contributed by atoms with Crippen molar-refractivity contribution >= 4 is 10.9 Å². The Hall–Kier alpha value is -1.49. The molecule has 0 aliphatic rings. The smallest absolute Gasteiger partial charge is 0.0705 e. The summed E-state index contributed by atoms with van der Waals surface area (Å²) in [4.78, 5) is 6.97. The van der Waals surface area contributed by atoms with Gasteiger partial charge in [-0.2, -0.15) is 0 Å². The van der Waals surface area contributed by atoms with Crippen LogP contribution in [0.15, 0.2) is 36.4 Å². The summed E-state index contributed by atoms with van der Waals surface area (Å²) in [7, 11) is 3.84. The van der Waals surface area contributed by atoms with Crippen LogP contribution in [0.2, 0.25) is 0 Å². The van der Waals surface area contributed by atoms with E-state index < -0.39 is 0 Å². The topological polar surface area (TPSA) is 37.4 Å². The summed E-state index contributed by atoms with van der Waals surface area (Å²) in [5, 5.41) is 4.54. The quantitative estimate of drug-likeness (QED) is 0.746. The van der Waals surface area contributed by atoms with Crippen LogP contribution >= 0.6 is 0 Å². The van der Waals surface area contributed by atoms with Crippen LogP contribution in [0.5, 0.6) is 0 Å². The second-order valence-corrected chi connectivity index (χ2v) is 4.98. The highest BCUT2D eigenvalue weighted by Crippen LogP contribution is 2.12. The Morgan fingerprint density at radius 2 is 2.00 bits per heavy atom. The first-order valence-corrected chi connectivity index (χ1v) is 7.02. The predicted molar refractivity (Wildman–Crippen MR) is 82.8 cm³/mol. The van der Waals surface area contributed by atoms with Crippen LogP contribution in [0.1, 0.15) is 5.69 Å². The Balaban J connectivity index is 1.81. The van der Waals surface area contributed by atoms with Gasteiger partial charge in [0.15, 0.2) is 0 Å². The normalized spacial score (nSPS) is 11.3. The summed E-state index contributed by atoms with van der Waals surface area (Å²) in [6.07, 6.45) is 0. The van der Waals surface area contributed by atoms with E-state index in [9.17, 15) is 0 Å². The van der Waals surface area contributed by atoms with E-state index in [1.807, 2.05) is 12.1 Å². The molecule has 2 aromatic rings. The molecule has 0 bridgehead atoms. The Morgan fingerprint density at radius 1 is 1.15 bits per heavy atom. The minimum Gasteiger partial charge on any atom is -0.383 e. The number of fused-ring (bicyclic) bond motifs is 1. The van der Waals surface area contributed by atoms with Crippen LogP contribution in [0.25, 0.3) is 10.9 Å². The van der Waals surface area contributed by atoms with Crippen molar-refractivity contribution in [2.75, 3.05) is 40.4 Å². The van der Waals surface area contributed by atoms with Crippen molar-refractivity contribution in [3.8, 4) is 0 Å². The third-order valence-electron chi connectivity index (χ3n) is 3.24. The van der Waals surface area contributed by atoms with E-state index >= 15 is 0 Å². The molecule has 2 rings (SSSR count). The molecule has 0 radical (unpaired) electrons. The molecule has 0 atom stereocenters. The molecule has 0 aliphatic carbocycles. The van der Waals surface area contributed by atoms with E-state index in [4.69, 9.17) is 9.72 Å². The average Bonchev–Trinajstić information content (AvgIpc) is 2.47. The maximum absolute atomic E-state index is 5.00. The van der Waals surface area contributed by atoms with Crippen molar-refractivity contribution in [2.24, 2.45) is 0 Å². The number of nitrogens with one attached hydrogen (secondary N) is 1. The molecule has 1 heterocycles. The van der Waals surface area contributed by atoms with Crippen molar-refractivity contribution in [3.63, 3.8) is 0 Å². The zero-order valence-electron chi connectivity index (χ0n) is 12.3. The minimum absolute atomic E-state index is 0.760. The molecular formula is C16H23N3O. The number of pyridine rings is 1. The van der Waals surface area contributed by atoms with Gasteiger partial charge in [-0.15, -0.1) is 0 Å². The van der Waals surface area contributed by atoms with Crippen molar-refractivity contribution in [2.45, 2.75) is 6.54 Å². The maximum Gasteiger partial charge on any atom is 0.0705 e. The van der Waals surface area contributed by atoms with Crippen LogP contribution in [0.4, 0.5) is 0 Å². The third kappa shape index (κ3) is 4.56. The van der Waals surface area contributed by atoms with E-state index in [1.54, 1.807) is 7.11 Å². The van der Waals surface area contributed by atoms with Gasteiger partial charge < -0.3 is 10.1 Å². The van der Waals surface area contributed by atoms with Crippen molar-refractivity contribution < 1.29 is 4.74 Å². The Kier molecular flexibility index (Phi) is 5.92. The summed E-state index contributed by atoms with van der Waals surface area (Å²) in [6, 6.07) is 12.5. The minimum atomic E-state index is 0.760. The number of aromatic nitrogens is 1. The fraction of sp³-hybridized carbons (Fsp3) is 0.438. The lowest BCUT2D eigenvalue weighted by molar-refractivity contribution is 0.197. The van der Waals surface area contributed by atoms with Crippen LogP contribution < -0.4 is 5.32 Å². The highest BCUT2D eigenvalue weighted by Gasteiger charge is 2.02. The number of ether oxygens (including phenoxy) is 1. The number of hydrogen-bond acceptors (Lipinski definition) is 4. The monoisotopic (exact) mass is 273 g/mol. The molecule has 1 N–H and O–H groups in total. The average molecular weight is 273 g/mol. The molecular weight excluding hydrogens is 250 g/mol. The molecule has 1 aromatic carbocycles. The molecule has 0 saturated heterocycles. The summed E-state index contributed by atoms with van der Waals surface area (Å²) in [6.45, 7) is 4.50. The first-order valence-electron chi connectivity index (χ1n) is 7.02. The Morgan fingerprint density at radius 3 is 2.85 bits per heavy atom. The first kappa shape index (κ1) is 14.9.